The number of hydrogen-bond donors (Lipinski definition) is 1. The average Bonchev–Trinajstić information content (AvgIpc) is 2.73. The highest BCUT2D eigenvalue weighted by Crippen LogP contribution is 2.24. The van der Waals surface area contributed by atoms with Crippen LogP contribution >= 0.6 is 0 Å². The summed E-state index contributed by atoms with van der Waals surface area (Å²) in [5.41, 5.74) is 1.33. The first-order chi connectivity index (χ1) is 7.74. The molecule has 0 amide bonds. The Morgan fingerprint density at radius 1 is 1.38 bits per heavy atom. The maximum Gasteiger partial charge on any atom is 0.0556 e. The predicted octanol–water partition coefficient (Wildman–Crippen LogP) is 2.99. The molecule has 0 aliphatic rings. The summed E-state index contributed by atoms with van der Waals surface area (Å²) < 4.78 is 2.14. The third-order valence-electron chi connectivity index (χ3n) is 3.14. The summed E-state index contributed by atoms with van der Waals surface area (Å²) >= 11 is 0. The van der Waals surface area contributed by atoms with E-state index in [-0.39, 0.29) is 0 Å². The second kappa shape index (κ2) is 6.69. The Bertz CT molecular complexity index is 293. The van der Waals surface area contributed by atoms with Gasteiger partial charge in [0.1, 0.15) is 0 Å². The summed E-state index contributed by atoms with van der Waals surface area (Å²) in [6.07, 6.45) is 4.24. The van der Waals surface area contributed by atoms with Gasteiger partial charge in [-0.15, -0.1) is 0 Å². The summed E-state index contributed by atoms with van der Waals surface area (Å²) in [5, 5.41) is 7.98. The molecule has 2 atom stereocenters. The number of aryl methyl sites for hydroxylation is 1. The summed E-state index contributed by atoms with van der Waals surface area (Å²) in [7, 11) is 0. The van der Waals surface area contributed by atoms with Gasteiger partial charge in [-0.25, -0.2) is 0 Å². The zero-order chi connectivity index (χ0) is 12.0. The third kappa shape index (κ3) is 3.08. The van der Waals surface area contributed by atoms with E-state index in [1.165, 1.54) is 12.1 Å². The SMILES string of the molecule is CCCn1nccc1C(NCC)C(C)CC. The lowest BCUT2D eigenvalue weighted by atomic mass is 9.96. The van der Waals surface area contributed by atoms with Crippen molar-refractivity contribution in [3.8, 4) is 0 Å². The second-order valence-electron chi connectivity index (χ2n) is 4.40. The normalized spacial score (nSPS) is 15.0. The van der Waals surface area contributed by atoms with E-state index in [9.17, 15) is 0 Å². The lowest BCUT2D eigenvalue weighted by Crippen LogP contribution is -2.29. The van der Waals surface area contributed by atoms with Crippen molar-refractivity contribution in [1.82, 2.24) is 15.1 Å². The van der Waals surface area contributed by atoms with Crippen LogP contribution in [0.2, 0.25) is 0 Å². The molecule has 0 aliphatic carbocycles. The van der Waals surface area contributed by atoms with E-state index in [2.05, 4.69) is 48.9 Å². The molecular formula is C13H25N3. The lowest BCUT2D eigenvalue weighted by Gasteiger charge is -2.24. The molecule has 1 N–H and O–H groups in total. The highest BCUT2D eigenvalue weighted by Gasteiger charge is 2.20. The van der Waals surface area contributed by atoms with Gasteiger partial charge < -0.3 is 5.32 Å². The Kier molecular flexibility index (Phi) is 5.53. The van der Waals surface area contributed by atoms with Gasteiger partial charge in [0, 0.05) is 12.7 Å². The smallest absolute Gasteiger partial charge is 0.0556 e. The summed E-state index contributed by atoms with van der Waals surface area (Å²) in [4.78, 5) is 0. The predicted molar refractivity (Wildman–Crippen MR) is 68.4 cm³/mol. The Morgan fingerprint density at radius 2 is 2.12 bits per heavy atom. The fraction of sp³-hybridized carbons (Fsp3) is 0.769. The number of hydrogen-bond acceptors (Lipinski definition) is 2. The molecule has 3 heteroatoms. The fourth-order valence-corrected chi connectivity index (χ4v) is 2.06. The molecule has 3 nitrogen and oxygen atoms in total. The molecule has 0 fully saturated rings. The topological polar surface area (TPSA) is 29.9 Å². The summed E-state index contributed by atoms with van der Waals surface area (Å²) in [5.74, 6) is 0.646. The van der Waals surface area contributed by atoms with Crippen LogP contribution in [0.1, 0.15) is 52.3 Å². The van der Waals surface area contributed by atoms with Gasteiger partial charge in [0.2, 0.25) is 0 Å². The molecule has 1 heterocycles. The molecule has 16 heavy (non-hydrogen) atoms. The van der Waals surface area contributed by atoms with E-state index in [4.69, 9.17) is 0 Å². The molecule has 2 unspecified atom stereocenters. The van der Waals surface area contributed by atoms with Gasteiger partial charge in [-0.05, 0) is 24.9 Å². The van der Waals surface area contributed by atoms with E-state index >= 15 is 0 Å². The third-order valence-corrected chi connectivity index (χ3v) is 3.14. The first kappa shape index (κ1) is 13.2. The van der Waals surface area contributed by atoms with Crippen molar-refractivity contribution in [3.63, 3.8) is 0 Å². The van der Waals surface area contributed by atoms with Crippen molar-refractivity contribution in [2.75, 3.05) is 6.54 Å². The zero-order valence-electron chi connectivity index (χ0n) is 11.0. The van der Waals surface area contributed by atoms with E-state index in [0.717, 1.165) is 19.5 Å². The maximum absolute atomic E-state index is 4.40. The van der Waals surface area contributed by atoms with Crippen LogP contribution in [0.25, 0.3) is 0 Å². The molecule has 0 aliphatic heterocycles. The average molecular weight is 223 g/mol. The van der Waals surface area contributed by atoms with Crippen LogP contribution in [0.5, 0.6) is 0 Å². The largest absolute Gasteiger partial charge is 0.309 e. The molecule has 0 bridgehead atoms. The van der Waals surface area contributed by atoms with E-state index in [1.807, 2.05) is 6.20 Å². The van der Waals surface area contributed by atoms with Gasteiger partial charge in [-0.3, -0.25) is 4.68 Å². The van der Waals surface area contributed by atoms with Crippen molar-refractivity contribution >= 4 is 0 Å². The van der Waals surface area contributed by atoms with Crippen LogP contribution in [0.15, 0.2) is 12.3 Å². The van der Waals surface area contributed by atoms with Crippen molar-refractivity contribution in [1.29, 1.82) is 0 Å². The first-order valence-electron chi connectivity index (χ1n) is 6.49. The highest BCUT2D eigenvalue weighted by atomic mass is 15.3. The molecule has 0 spiro atoms. The Morgan fingerprint density at radius 3 is 2.69 bits per heavy atom. The van der Waals surface area contributed by atoms with Crippen molar-refractivity contribution in [2.45, 2.75) is 53.1 Å². The summed E-state index contributed by atoms with van der Waals surface area (Å²) in [6, 6.07) is 2.58. The number of rotatable bonds is 7. The molecule has 0 saturated carbocycles. The van der Waals surface area contributed by atoms with E-state index in [1.54, 1.807) is 0 Å². The standard InChI is InChI=1S/C13H25N3/c1-5-10-16-12(8-9-15-16)13(14-7-3)11(4)6-2/h8-9,11,13-14H,5-7,10H2,1-4H3. The quantitative estimate of drug-likeness (QED) is 0.770. The first-order valence-corrected chi connectivity index (χ1v) is 6.49. The maximum atomic E-state index is 4.40. The van der Waals surface area contributed by atoms with Crippen LogP contribution in [0, 0.1) is 5.92 Å². The van der Waals surface area contributed by atoms with E-state index in [0.29, 0.717) is 12.0 Å². The minimum atomic E-state index is 0.434. The molecule has 92 valence electrons. The lowest BCUT2D eigenvalue weighted by molar-refractivity contribution is 0.358. The molecule has 0 aromatic carbocycles. The number of nitrogens with one attached hydrogen (secondary N) is 1. The monoisotopic (exact) mass is 223 g/mol. The molecule has 1 aromatic rings. The van der Waals surface area contributed by atoms with Gasteiger partial charge in [0.15, 0.2) is 0 Å². The minimum absolute atomic E-state index is 0.434. The van der Waals surface area contributed by atoms with Crippen LogP contribution < -0.4 is 5.32 Å². The van der Waals surface area contributed by atoms with Gasteiger partial charge >= 0.3 is 0 Å². The van der Waals surface area contributed by atoms with Gasteiger partial charge in [0.05, 0.1) is 11.7 Å². The Hall–Kier alpha value is -0.830. The Labute approximate surface area is 99.2 Å². The van der Waals surface area contributed by atoms with Crippen LogP contribution in [0.3, 0.4) is 0 Å². The molecule has 0 radical (unpaired) electrons. The number of nitrogens with zero attached hydrogens (tertiary/aromatic N) is 2. The van der Waals surface area contributed by atoms with Crippen LogP contribution in [-0.2, 0) is 6.54 Å². The molecule has 1 rings (SSSR count). The zero-order valence-corrected chi connectivity index (χ0v) is 11.0. The Balaban J connectivity index is 2.86. The highest BCUT2D eigenvalue weighted by molar-refractivity contribution is 5.08. The fourth-order valence-electron chi connectivity index (χ4n) is 2.06. The van der Waals surface area contributed by atoms with Crippen molar-refractivity contribution in [2.24, 2.45) is 5.92 Å². The van der Waals surface area contributed by atoms with Crippen LogP contribution in [-0.4, -0.2) is 16.3 Å². The van der Waals surface area contributed by atoms with Crippen molar-refractivity contribution < 1.29 is 0 Å². The van der Waals surface area contributed by atoms with Gasteiger partial charge in [0.25, 0.3) is 0 Å². The van der Waals surface area contributed by atoms with Gasteiger partial charge in [-0.1, -0.05) is 34.1 Å². The second-order valence-corrected chi connectivity index (χ2v) is 4.40. The van der Waals surface area contributed by atoms with E-state index < -0.39 is 0 Å². The number of aromatic nitrogens is 2. The molecule has 0 saturated heterocycles. The van der Waals surface area contributed by atoms with Crippen LogP contribution in [0.4, 0.5) is 0 Å². The molecular weight excluding hydrogens is 198 g/mol. The minimum Gasteiger partial charge on any atom is -0.309 e. The molecule has 1 aromatic heterocycles. The summed E-state index contributed by atoms with van der Waals surface area (Å²) in [6.45, 7) is 10.9. The van der Waals surface area contributed by atoms with Crippen molar-refractivity contribution in [3.05, 3.63) is 18.0 Å². The van der Waals surface area contributed by atoms with Gasteiger partial charge in [-0.2, -0.15) is 5.10 Å².